The predicted octanol–water partition coefficient (Wildman–Crippen LogP) is 5.82. The quantitative estimate of drug-likeness (QED) is 0.166. The maximum Gasteiger partial charge on any atom is 0.345 e. The Bertz CT molecular complexity index is 2160. The highest BCUT2D eigenvalue weighted by Gasteiger charge is 2.27. The molecule has 0 aliphatic carbocycles. The molecule has 0 saturated carbocycles. The fraction of sp³-hybridized carbons (Fsp3) is 0.353. The number of ether oxygens (including phenoxy) is 2. The van der Waals surface area contributed by atoms with E-state index in [1.807, 2.05) is 11.9 Å². The molecule has 1 fully saturated rings. The lowest BCUT2D eigenvalue weighted by molar-refractivity contribution is -0.132. The zero-order valence-electron chi connectivity index (χ0n) is 27.1. The number of carboxylic acid groups (broad SMARTS) is 1. The Labute approximate surface area is 294 Å². The standard InChI is InChI=1S/C34H32ClF2N7O5S/c1-19-41-26-17-40-31(42(2)21-6-9-43(10-7-21)11-13-49-34(36)37)24(16-38)28(26)32(45)44(19)12-14-48-27-4-3-20(35)15-23(27)22-5-8-39-29-25(33(46)47)18-50-30(22)29/h3-5,8,15,17-18,21,34H,6-7,9-14H2,1-2H3,(H,46,47). The van der Waals surface area contributed by atoms with Crippen molar-refractivity contribution >= 4 is 55.8 Å². The number of aromatic carboxylic acids is 1. The number of aromatic nitrogens is 4. The maximum atomic E-state index is 14.0. The molecular weight excluding hydrogens is 692 g/mol. The average molecular weight is 724 g/mol. The molecule has 1 saturated heterocycles. The number of fused-ring (bicyclic) bond motifs is 2. The second-order valence-electron chi connectivity index (χ2n) is 11.7. The van der Waals surface area contributed by atoms with Crippen molar-refractivity contribution in [3.8, 4) is 22.9 Å². The molecule has 0 atom stereocenters. The van der Waals surface area contributed by atoms with Crippen LogP contribution in [0.4, 0.5) is 14.6 Å². The Kier molecular flexibility index (Phi) is 10.5. The van der Waals surface area contributed by atoms with E-state index in [0.29, 0.717) is 81.8 Å². The van der Waals surface area contributed by atoms with E-state index in [9.17, 15) is 28.7 Å². The van der Waals surface area contributed by atoms with E-state index in [0.717, 1.165) is 0 Å². The third-order valence-electron chi connectivity index (χ3n) is 8.86. The van der Waals surface area contributed by atoms with Crippen LogP contribution in [0.5, 0.6) is 5.75 Å². The highest BCUT2D eigenvalue weighted by molar-refractivity contribution is 7.18. The molecular formula is C34H32ClF2N7O5S. The van der Waals surface area contributed by atoms with Gasteiger partial charge < -0.3 is 24.4 Å². The summed E-state index contributed by atoms with van der Waals surface area (Å²) < 4.78 is 37.4. The SMILES string of the molecule is Cc1nc2cnc(N(C)C3CCN(CCOC(F)F)CC3)c(C#N)c2c(=O)n1CCOc1ccc(Cl)cc1-c1ccnc2c(C(=O)O)csc12. The van der Waals surface area contributed by atoms with Gasteiger partial charge in [-0.05, 0) is 44.0 Å². The summed E-state index contributed by atoms with van der Waals surface area (Å²) in [6, 6.07) is 9.11. The highest BCUT2D eigenvalue weighted by Crippen LogP contribution is 2.39. The monoisotopic (exact) mass is 723 g/mol. The second-order valence-corrected chi connectivity index (χ2v) is 13.1. The van der Waals surface area contributed by atoms with Crippen LogP contribution >= 0.6 is 22.9 Å². The van der Waals surface area contributed by atoms with Crippen molar-refractivity contribution in [2.45, 2.75) is 39.0 Å². The first-order valence-electron chi connectivity index (χ1n) is 15.7. The van der Waals surface area contributed by atoms with Gasteiger partial charge in [-0.3, -0.25) is 14.3 Å². The molecule has 1 aliphatic heterocycles. The number of alkyl halides is 2. The molecule has 6 rings (SSSR count). The fourth-order valence-electron chi connectivity index (χ4n) is 6.30. The van der Waals surface area contributed by atoms with Gasteiger partial charge in [0.15, 0.2) is 0 Å². The van der Waals surface area contributed by atoms with E-state index in [-0.39, 0.29) is 42.3 Å². The average Bonchev–Trinajstić information content (AvgIpc) is 3.54. The van der Waals surface area contributed by atoms with E-state index < -0.39 is 18.1 Å². The zero-order chi connectivity index (χ0) is 35.5. The van der Waals surface area contributed by atoms with Gasteiger partial charge in [-0.25, -0.2) is 14.8 Å². The van der Waals surface area contributed by atoms with Crippen LogP contribution < -0.4 is 15.2 Å². The lowest BCUT2D eigenvalue weighted by atomic mass is 10.0. The van der Waals surface area contributed by atoms with Crippen molar-refractivity contribution in [3.05, 3.63) is 74.4 Å². The molecule has 0 spiro atoms. The van der Waals surface area contributed by atoms with E-state index in [2.05, 4.69) is 30.7 Å². The van der Waals surface area contributed by atoms with E-state index in [4.69, 9.17) is 16.3 Å². The molecule has 0 radical (unpaired) electrons. The normalized spacial score (nSPS) is 14.0. The molecule has 1 aliphatic rings. The second kappa shape index (κ2) is 15.0. The predicted molar refractivity (Wildman–Crippen MR) is 186 cm³/mol. The van der Waals surface area contributed by atoms with Crippen LogP contribution in [0.2, 0.25) is 5.02 Å². The lowest BCUT2D eigenvalue weighted by Gasteiger charge is -2.37. The number of thiophene rings is 1. The number of nitriles is 1. The van der Waals surface area contributed by atoms with Gasteiger partial charge in [0.05, 0.1) is 46.0 Å². The van der Waals surface area contributed by atoms with Gasteiger partial charge in [-0.1, -0.05) is 11.6 Å². The minimum atomic E-state index is -2.79. The topological polar surface area (TPSA) is 147 Å². The van der Waals surface area contributed by atoms with Crippen molar-refractivity contribution in [3.63, 3.8) is 0 Å². The molecule has 16 heteroatoms. The minimum absolute atomic E-state index is 0.0217. The van der Waals surface area contributed by atoms with Gasteiger partial charge in [0.25, 0.3) is 5.56 Å². The van der Waals surface area contributed by atoms with Crippen molar-refractivity contribution < 1.29 is 28.2 Å². The summed E-state index contributed by atoms with van der Waals surface area (Å²) in [4.78, 5) is 43.1. The van der Waals surface area contributed by atoms with Crippen molar-refractivity contribution in [2.75, 3.05) is 44.8 Å². The summed E-state index contributed by atoms with van der Waals surface area (Å²) in [6.45, 7) is 0.796. The molecule has 0 amide bonds. The Balaban J connectivity index is 1.23. The van der Waals surface area contributed by atoms with Crippen LogP contribution in [0, 0.1) is 18.3 Å². The number of likely N-dealkylation sites (tertiary alicyclic amines) is 1. The largest absolute Gasteiger partial charge is 0.491 e. The first-order chi connectivity index (χ1) is 24.1. The number of anilines is 1. The molecule has 1 N–H and O–H groups in total. The molecule has 4 aromatic heterocycles. The molecule has 0 unspecified atom stereocenters. The van der Waals surface area contributed by atoms with Gasteiger partial charge in [0.1, 0.15) is 35.6 Å². The van der Waals surface area contributed by atoms with E-state index in [1.54, 1.807) is 36.6 Å². The Morgan fingerprint density at radius 3 is 2.70 bits per heavy atom. The zero-order valence-corrected chi connectivity index (χ0v) is 28.7. The number of nitrogens with zero attached hydrogens (tertiary/aromatic N) is 7. The summed E-state index contributed by atoms with van der Waals surface area (Å²) in [6.07, 6.45) is 4.48. The molecule has 0 bridgehead atoms. The van der Waals surface area contributed by atoms with Gasteiger partial charge >= 0.3 is 12.6 Å². The van der Waals surface area contributed by atoms with Crippen LogP contribution in [0.25, 0.3) is 32.2 Å². The number of rotatable bonds is 12. The first-order valence-corrected chi connectivity index (χ1v) is 17.0. The number of piperidine rings is 1. The summed E-state index contributed by atoms with van der Waals surface area (Å²) in [7, 11) is 1.84. The van der Waals surface area contributed by atoms with Gasteiger partial charge in [-0.2, -0.15) is 14.0 Å². The summed E-state index contributed by atoms with van der Waals surface area (Å²) >= 11 is 7.63. The molecule has 5 heterocycles. The Hall–Kier alpha value is -4.75. The summed E-state index contributed by atoms with van der Waals surface area (Å²) in [5.74, 6) is 0.206. The lowest BCUT2D eigenvalue weighted by Crippen LogP contribution is -2.45. The highest BCUT2D eigenvalue weighted by atomic mass is 35.5. The molecule has 50 heavy (non-hydrogen) atoms. The number of hydrogen-bond donors (Lipinski definition) is 1. The van der Waals surface area contributed by atoms with E-state index >= 15 is 0 Å². The van der Waals surface area contributed by atoms with Crippen LogP contribution in [0.3, 0.4) is 0 Å². The van der Waals surface area contributed by atoms with Gasteiger partial charge in [-0.15, -0.1) is 11.3 Å². The van der Waals surface area contributed by atoms with Gasteiger partial charge in [0, 0.05) is 60.5 Å². The number of hydrogen-bond acceptors (Lipinski definition) is 11. The first kappa shape index (κ1) is 35.1. The van der Waals surface area contributed by atoms with Crippen molar-refractivity contribution in [1.29, 1.82) is 5.26 Å². The van der Waals surface area contributed by atoms with Crippen LogP contribution in [-0.4, -0.2) is 88.0 Å². The number of carbonyl (C=O) groups is 1. The molecule has 260 valence electrons. The summed E-state index contributed by atoms with van der Waals surface area (Å²) in [5.41, 5.74) is 1.87. The van der Waals surface area contributed by atoms with Crippen molar-refractivity contribution in [2.24, 2.45) is 0 Å². The van der Waals surface area contributed by atoms with Crippen LogP contribution in [0.1, 0.15) is 34.6 Å². The molecule has 1 aromatic carbocycles. The van der Waals surface area contributed by atoms with E-state index in [1.165, 1.54) is 28.3 Å². The fourth-order valence-corrected chi connectivity index (χ4v) is 7.50. The number of carboxylic acids is 1. The number of benzene rings is 1. The molecule has 12 nitrogen and oxygen atoms in total. The van der Waals surface area contributed by atoms with Crippen LogP contribution in [0.15, 0.2) is 46.8 Å². The third-order valence-corrected chi connectivity index (χ3v) is 10.1. The summed E-state index contributed by atoms with van der Waals surface area (Å²) in [5, 5.41) is 22.0. The number of aryl methyl sites for hydroxylation is 1. The third kappa shape index (κ3) is 7.10. The number of halogens is 3. The van der Waals surface area contributed by atoms with Crippen molar-refractivity contribution in [1.82, 2.24) is 24.4 Å². The smallest absolute Gasteiger partial charge is 0.345 e. The van der Waals surface area contributed by atoms with Gasteiger partial charge in [0.2, 0.25) is 0 Å². The Morgan fingerprint density at radius 1 is 1.20 bits per heavy atom. The molecule has 5 aromatic rings. The minimum Gasteiger partial charge on any atom is -0.491 e. The number of pyridine rings is 2. The Morgan fingerprint density at radius 2 is 1.98 bits per heavy atom. The maximum absolute atomic E-state index is 14.0. The van der Waals surface area contributed by atoms with Crippen LogP contribution in [-0.2, 0) is 11.3 Å².